The van der Waals surface area contributed by atoms with Gasteiger partial charge in [-0.3, -0.25) is 4.79 Å². The van der Waals surface area contributed by atoms with Crippen molar-refractivity contribution in [3.8, 4) is 17.0 Å². The number of ether oxygens (including phenoxy) is 1. The van der Waals surface area contributed by atoms with E-state index in [1.165, 1.54) is 11.1 Å². The quantitative estimate of drug-likeness (QED) is 0.435. The van der Waals surface area contributed by atoms with Crippen LogP contribution in [0.25, 0.3) is 11.3 Å². The molecular formula is C23H25NO3S. The van der Waals surface area contributed by atoms with E-state index in [2.05, 4.69) is 53.7 Å². The minimum absolute atomic E-state index is 0.252. The molecule has 0 fully saturated rings. The topological polar surface area (TPSA) is 59.4 Å². The second-order valence-corrected chi connectivity index (χ2v) is 7.83. The Morgan fingerprint density at radius 3 is 2.71 bits per heavy atom. The Bertz CT molecular complexity index is 902. The molecule has 0 atom stereocenters. The molecule has 0 unspecified atom stereocenters. The highest BCUT2D eigenvalue weighted by molar-refractivity contribution is 7.09. The van der Waals surface area contributed by atoms with Crippen LogP contribution in [0.15, 0.2) is 53.9 Å². The van der Waals surface area contributed by atoms with Crippen molar-refractivity contribution in [1.29, 1.82) is 0 Å². The fourth-order valence-corrected chi connectivity index (χ4v) is 3.67. The molecule has 28 heavy (non-hydrogen) atoms. The zero-order chi connectivity index (χ0) is 19.8. The third-order valence-electron chi connectivity index (χ3n) is 4.52. The molecule has 2 aromatic carbocycles. The number of aryl methyl sites for hydroxylation is 2. The van der Waals surface area contributed by atoms with Gasteiger partial charge in [-0.05, 0) is 43.9 Å². The zero-order valence-electron chi connectivity index (χ0n) is 16.1. The summed E-state index contributed by atoms with van der Waals surface area (Å²) in [6, 6.07) is 16.5. The largest absolute Gasteiger partial charge is 0.486 e. The van der Waals surface area contributed by atoms with Gasteiger partial charge in [-0.2, -0.15) is 0 Å². The Morgan fingerprint density at radius 1 is 1.11 bits per heavy atom. The lowest BCUT2D eigenvalue weighted by Crippen LogP contribution is -1.96. The number of hydrogen-bond acceptors (Lipinski definition) is 4. The average molecular weight is 396 g/mol. The maximum absolute atomic E-state index is 10.5. The summed E-state index contributed by atoms with van der Waals surface area (Å²) in [6.07, 6.45) is 3.84. The van der Waals surface area contributed by atoms with Crippen LogP contribution in [0.2, 0.25) is 0 Å². The van der Waals surface area contributed by atoms with Crippen molar-refractivity contribution in [2.24, 2.45) is 0 Å². The Balaban J connectivity index is 1.49. The summed E-state index contributed by atoms with van der Waals surface area (Å²) < 4.78 is 5.93. The molecule has 4 nitrogen and oxygen atoms in total. The Kier molecular flexibility index (Phi) is 7.20. The van der Waals surface area contributed by atoms with Gasteiger partial charge in [-0.15, -0.1) is 11.3 Å². The lowest BCUT2D eigenvalue weighted by Gasteiger charge is -2.07. The molecule has 5 heteroatoms. The molecule has 0 aliphatic rings. The number of carbonyl (C=O) groups is 1. The Hall–Kier alpha value is -2.66. The van der Waals surface area contributed by atoms with Gasteiger partial charge in [0.05, 0.1) is 5.69 Å². The van der Waals surface area contributed by atoms with Crippen LogP contribution in [0, 0.1) is 6.92 Å². The SMILES string of the molecule is Cc1ccc(-c2csc(COc3cccc(CCCCCC(=O)O)c3)n2)cc1. The van der Waals surface area contributed by atoms with E-state index in [0.717, 1.165) is 47.7 Å². The predicted molar refractivity (Wildman–Crippen MR) is 113 cm³/mol. The molecule has 0 saturated heterocycles. The van der Waals surface area contributed by atoms with Crippen LogP contribution >= 0.6 is 11.3 Å². The summed E-state index contributed by atoms with van der Waals surface area (Å²) in [5, 5.41) is 11.7. The molecule has 0 amide bonds. The number of aliphatic carboxylic acids is 1. The van der Waals surface area contributed by atoms with Crippen molar-refractivity contribution in [1.82, 2.24) is 4.98 Å². The molecule has 146 valence electrons. The molecule has 0 aliphatic carbocycles. The van der Waals surface area contributed by atoms with E-state index in [1.54, 1.807) is 11.3 Å². The third-order valence-corrected chi connectivity index (χ3v) is 5.34. The smallest absolute Gasteiger partial charge is 0.303 e. The van der Waals surface area contributed by atoms with Gasteiger partial charge < -0.3 is 9.84 Å². The van der Waals surface area contributed by atoms with Crippen LogP contribution < -0.4 is 4.74 Å². The number of carboxylic acids is 1. The van der Waals surface area contributed by atoms with Crippen molar-refractivity contribution in [3.63, 3.8) is 0 Å². The minimum atomic E-state index is -0.719. The van der Waals surface area contributed by atoms with Gasteiger partial charge >= 0.3 is 5.97 Å². The van der Waals surface area contributed by atoms with Crippen LogP contribution in [0.5, 0.6) is 5.75 Å². The Morgan fingerprint density at radius 2 is 1.93 bits per heavy atom. The molecule has 3 rings (SSSR count). The highest BCUT2D eigenvalue weighted by atomic mass is 32.1. The number of benzene rings is 2. The summed E-state index contributed by atoms with van der Waals surface area (Å²) in [4.78, 5) is 15.2. The molecule has 1 heterocycles. The summed E-state index contributed by atoms with van der Waals surface area (Å²) in [6.45, 7) is 2.53. The highest BCUT2D eigenvalue weighted by Gasteiger charge is 2.06. The van der Waals surface area contributed by atoms with Crippen molar-refractivity contribution in [3.05, 3.63) is 70.0 Å². The van der Waals surface area contributed by atoms with Crippen molar-refractivity contribution < 1.29 is 14.6 Å². The van der Waals surface area contributed by atoms with Crippen LogP contribution in [0.3, 0.4) is 0 Å². The van der Waals surface area contributed by atoms with Crippen molar-refractivity contribution >= 4 is 17.3 Å². The van der Waals surface area contributed by atoms with Gasteiger partial charge in [-0.25, -0.2) is 4.98 Å². The van der Waals surface area contributed by atoms with E-state index < -0.39 is 5.97 Å². The first kappa shape index (κ1) is 20.1. The number of rotatable bonds is 10. The fourth-order valence-electron chi connectivity index (χ4n) is 2.95. The second-order valence-electron chi connectivity index (χ2n) is 6.88. The van der Waals surface area contributed by atoms with E-state index in [9.17, 15) is 4.79 Å². The van der Waals surface area contributed by atoms with Crippen LogP contribution in [0.4, 0.5) is 0 Å². The molecule has 0 saturated carbocycles. The van der Waals surface area contributed by atoms with Crippen molar-refractivity contribution in [2.75, 3.05) is 0 Å². The molecule has 0 bridgehead atoms. The average Bonchev–Trinajstić information content (AvgIpc) is 3.16. The van der Waals surface area contributed by atoms with Gasteiger partial charge in [0.25, 0.3) is 0 Å². The van der Waals surface area contributed by atoms with Gasteiger partial charge in [-0.1, -0.05) is 48.4 Å². The minimum Gasteiger partial charge on any atom is -0.486 e. The Labute approximate surface area is 169 Å². The zero-order valence-corrected chi connectivity index (χ0v) is 16.9. The summed E-state index contributed by atoms with van der Waals surface area (Å²) in [7, 11) is 0. The summed E-state index contributed by atoms with van der Waals surface area (Å²) >= 11 is 1.61. The standard InChI is InChI=1S/C23H25NO3S/c1-17-10-12-19(13-11-17)21-16-28-22(24-21)15-27-20-8-5-7-18(14-20)6-3-2-4-9-23(25)26/h5,7-8,10-14,16H,2-4,6,9,15H2,1H3,(H,25,26). The van der Waals surface area contributed by atoms with Gasteiger partial charge in [0.2, 0.25) is 0 Å². The number of carboxylic acid groups (broad SMARTS) is 1. The van der Waals surface area contributed by atoms with E-state index >= 15 is 0 Å². The first-order valence-electron chi connectivity index (χ1n) is 9.55. The van der Waals surface area contributed by atoms with Gasteiger partial charge in [0.15, 0.2) is 0 Å². The monoisotopic (exact) mass is 395 g/mol. The molecule has 0 spiro atoms. The van der Waals surface area contributed by atoms with Gasteiger partial charge in [0, 0.05) is 17.4 Å². The van der Waals surface area contributed by atoms with E-state index in [-0.39, 0.29) is 6.42 Å². The molecular weight excluding hydrogens is 370 g/mol. The number of nitrogens with zero attached hydrogens (tertiary/aromatic N) is 1. The summed E-state index contributed by atoms with van der Waals surface area (Å²) in [5.74, 6) is 0.123. The molecule has 1 N–H and O–H groups in total. The normalized spacial score (nSPS) is 10.8. The number of aromatic nitrogens is 1. The van der Waals surface area contributed by atoms with Crippen LogP contribution in [0.1, 0.15) is 41.8 Å². The molecule has 0 aliphatic heterocycles. The molecule has 3 aromatic rings. The molecule has 1 aromatic heterocycles. The first-order chi connectivity index (χ1) is 13.6. The third kappa shape index (κ3) is 6.20. The number of thiazole rings is 1. The van der Waals surface area contributed by atoms with E-state index in [4.69, 9.17) is 9.84 Å². The highest BCUT2D eigenvalue weighted by Crippen LogP contribution is 2.24. The predicted octanol–water partition coefficient (Wildman–Crippen LogP) is 5.89. The van der Waals surface area contributed by atoms with E-state index in [1.807, 2.05) is 12.1 Å². The number of hydrogen-bond donors (Lipinski definition) is 1. The maximum atomic E-state index is 10.5. The van der Waals surface area contributed by atoms with Crippen molar-refractivity contribution in [2.45, 2.75) is 45.6 Å². The lowest BCUT2D eigenvalue weighted by atomic mass is 10.1. The second kappa shape index (κ2) is 10.0. The number of unbranched alkanes of at least 4 members (excludes halogenated alkanes) is 2. The first-order valence-corrected chi connectivity index (χ1v) is 10.4. The maximum Gasteiger partial charge on any atom is 0.303 e. The van der Waals surface area contributed by atoms with E-state index in [0.29, 0.717) is 6.61 Å². The molecule has 0 radical (unpaired) electrons. The lowest BCUT2D eigenvalue weighted by molar-refractivity contribution is -0.137. The fraction of sp³-hybridized carbons (Fsp3) is 0.304. The van der Waals surface area contributed by atoms with Crippen LogP contribution in [-0.4, -0.2) is 16.1 Å². The van der Waals surface area contributed by atoms with Gasteiger partial charge in [0.1, 0.15) is 17.4 Å². The summed E-state index contributed by atoms with van der Waals surface area (Å²) in [5.41, 5.74) is 4.56. The van der Waals surface area contributed by atoms with Crippen LogP contribution in [-0.2, 0) is 17.8 Å².